The summed E-state index contributed by atoms with van der Waals surface area (Å²) < 4.78 is 34.3. The molecular weight excluding hydrogens is 410 g/mol. The summed E-state index contributed by atoms with van der Waals surface area (Å²) in [5.41, 5.74) is 6.65. The minimum absolute atomic E-state index is 0.0618. The van der Waals surface area contributed by atoms with Gasteiger partial charge in [-0.2, -0.15) is 0 Å². The summed E-state index contributed by atoms with van der Waals surface area (Å²) in [6.45, 7) is 4.47. The maximum absolute atomic E-state index is 13.7. The number of carbonyl (C=O) groups excluding carboxylic acids is 1. The maximum atomic E-state index is 13.7. The molecule has 0 fully saturated rings. The number of nitrogens with zero attached hydrogens (tertiary/aromatic N) is 3. The Kier molecular flexibility index (Phi) is 7.04. The Bertz CT molecular complexity index is 1010. The second-order valence-electron chi connectivity index (χ2n) is 6.91. The van der Waals surface area contributed by atoms with Crippen LogP contribution >= 0.6 is 11.8 Å². The number of hydrogen-bond donors (Lipinski definition) is 1. The number of rotatable bonds is 8. The number of aromatic nitrogens is 3. The van der Waals surface area contributed by atoms with E-state index in [0.717, 1.165) is 22.5 Å². The quantitative estimate of drug-likeness (QED) is 0.566. The average molecular weight is 432 g/mol. The monoisotopic (exact) mass is 432 g/mol. The molecule has 3 rings (SSSR count). The van der Waals surface area contributed by atoms with Gasteiger partial charge in [-0.15, -0.1) is 0 Å². The van der Waals surface area contributed by atoms with E-state index in [4.69, 9.17) is 15.5 Å². The van der Waals surface area contributed by atoms with Gasteiger partial charge in [0.1, 0.15) is 29.1 Å². The van der Waals surface area contributed by atoms with Crippen LogP contribution in [0.2, 0.25) is 0 Å². The summed E-state index contributed by atoms with van der Waals surface area (Å²) in [5, 5.41) is 0.759. The van der Waals surface area contributed by atoms with Gasteiger partial charge in [-0.1, -0.05) is 31.7 Å². The van der Waals surface area contributed by atoms with Crippen molar-refractivity contribution >= 4 is 17.9 Å². The van der Waals surface area contributed by atoms with Crippen LogP contribution < -0.4 is 5.73 Å². The van der Waals surface area contributed by atoms with Crippen molar-refractivity contribution in [3.63, 3.8) is 0 Å². The number of carbonyl (C=O) groups is 1. The highest BCUT2D eigenvalue weighted by molar-refractivity contribution is 7.99. The molecule has 0 aliphatic carbocycles. The van der Waals surface area contributed by atoms with Gasteiger partial charge in [-0.25, -0.2) is 18.6 Å². The van der Waals surface area contributed by atoms with Crippen molar-refractivity contribution in [1.82, 2.24) is 14.5 Å². The topological polar surface area (TPSA) is 83.0 Å². The number of hydrogen-bond acceptors (Lipinski definition) is 5. The first-order valence-corrected chi connectivity index (χ1v) is 10.2. The lowest BCUT2D eigenvalue weighted by Crippen LogP contribution is -2.16. The fourth-order valence-electron chi connectivity index (χ4n) is 2.94. The minimum Gasteiger partial charge on any atom is -0.449 e. The predicted octanol–water partition coefficient (Wildman–Crippen LogP) is 4.52. The molecule has 9 heteroatoms. The van der Waals surface area contributed by atoms with Crippen molar-refractivity contribution in [3.05, 3.63) is 71.4 Å². The minimum atomic E-state index is -0.855. The molecule has 2 heterocycles. The van der Waals surface area contributed by atoms with Gasteiger partial charge in [0.25, 0.3) is 0 Å². The molecule has 0 radical (unpaired) electrons. The van der Waals surface area contributed by atoms with E-state index < -0.39 is 17.7 Å². The SMILES string of the molecule is CC(C)c1nc(CCOC(N)=O)n(Cc2ccccn2)c1Sc1cc(F)cc(F)c1. The van der Waals surface area contributed by atoms with Crippen LogP contribution in [0.15, 0.2) is 52.5 Å². The zero-order chi connectivity index (χ0) is 21.7. The van der Waals surface area contributed by atoms with E-state index in [2.05, 4.69) is 4.98 Å². The molecule has 158 valence electrons. The normalized spacial score (nSPS) is 11.1. The molecule has 0 saturated heterocycles. The van der Waals surface area contributed by atoms with Crippen LogP contribution in [0.25, 0.3) is 0 Å². The highest BCUT2D eigenvalue weighted by Crippen LogP contribution is 2.36. The summed E-state index contributed by atoms with van der Waals surface area (Å²) in [5.74, 6) is -0.555. The lowest BCUT2D eigenvalue weighted by atomic mass is 10.1. The van der Waals surface area contributed by atoms with E-state index in [9.17, 15) is 13.6 Å². The molecule has 2 aromatic heterocycles. The van der Waals surface area contributed by atoms with Crippen LogP contribution in [-0.2, 0) is 17.7 Å². The Morgan fingerprint density at radius 2 is 1.97 bits per heavy atom. The number of ether oxygens (including phenoxy) is 1. The smallest absolute Gasteiger partial charge is 0.404 e. The number of primary amides is 1. The maximum Gasteiger partial charge on any atom is 0.404 e. The van der Waals surface area contributed by atoms with Crippen LogP contribution in [0.3, 0.4) is 0 Å². The van der Waals surface area contributed by atoms with Crippen molar-refractivity contribution in [2.24, 2.45) is 5.73 Å². The molecule has 0 aliphatic rings. The highest BCUT2D eigenvalue weighted by Gasteiger charge is 2.21. The van der Waals surface area contributed by atoms with Crippen LogP contribution in [0.5, 0.6) is 0 Å². The number of benzene rings is 1. The third-order valence-corrected chi connectivity index (χ3v) is 5.33. The average Bonchev–Trinajstić information content (AvgIpc) is 2.99. The fraction of sp³-hybridized carbons (Fsp3) is 0.286. The molecule has 0 atom stereocenters. The molecule has 2 N–H and O–H groups in total. The first-order chi connectivity index (χ1) is 14.3. The van der Waals surface area contributed by atoms with E-state index >= 15 is 0 Å². The van der Waals surface area contributed by atoms with Crippen LogP contribution in [0, 0.1) is 11.6 Å². The van der Waals surface area contributed by atoms with Gasteiger partial charge in [0, 0.05) is 23.6 Å². The number of halogens is 2. The predicted molar refractivity (Wildman–Crippen MR) is 109 cm³/mol. The molecule has 3 aromatic rings. The molecule has 1 aromatic carbocycles. The molecule has 30 heavy (non-hydrogen) atoms. The number of amides is 1. The molecule has 0 bridgehead atoms. The van der Waals surface area contributed by atoms with Crippen molar-refractivity contribution in [1.29, 1.82) is 0 Å². The Morgan fingerprint density at radius 1 is 1.23 bits per heavy atom. The molecule has 0 spiro atoms. The molecule has 1 amide bonds. The van der Waals surface area contributed by atoms with Crippen molar-refractivity contribution in [2.75, 3.05) is 6.61 Å². The van der Waals surface area contributed by atoms with Gasteiger partial charge in [0.2, 0.25) is 0 Å². The number of pyridine rings is 1. The summed E-state index contributed by atoms with van der Waals surface area (Å²) in [7, 11) is 0. The second-order valence-corrected chi connectivity index (χ2v) is 7.97. The molecule has 0 saturated carbocycles. The van der Waals surface area contributed by atoms with Gasteiger partial charge in [0.05, 0.1) is 17.9 Å². The first-order valence-electron chi connectivity index (χ1n) is 9.39. The third-order valence-electron chi connectivity index (χ3n) is 4.24. The lowest BCUT2D eigenvalue weighted by molar-refractivity contribution is 0.157. The van der Waals surface area contributed by atoms with Crippen LogP contribution in [0.1, 0.15) is 37.0 Å². The van der Waals surface area contributed by atoms with E-state index in [0.29, 0.717) is 23.7 Å². The molecule has 0 unspecified atom stereocenters. The summed E-state index contributed by atoms with van der Waals surface area (Å²) >= 11 is 1.24. The van der Waals surface area contributed by atoms with Crippen LogP contribution in [0.4, 0.5) is 13.6 Å². The standard InChI is InChI=1S/C21H22F2N4O2S/c1-13(2)19-20(30-17-10-14(22)9-15(23)11-17)27(12-16-5-3-4-7-25-16)18(26-19)6-8-29-21(24)28/h3-5,7,9-11,13H,6,8,12H2,1-2H3,(H2,24,28). The van der Waals surface area contributed by atoms with Crippen LogP contribution in [-0.4, -0.2) is 27.2 Å². The van der Waals surface area contributed by atoms with Gasteiger partial charge in [-0.05, 0) is 30.2 Å². The van der Waals surface area contributed by atoms with Crippen molar-refractivity contribution < 1.29 is 18.3 Å². The van der Waals surface area contributed by atoms with Crippen molar-refractivity contribution in [2.45, 2.75) is 42.7 Å². The van der Waals surface area contributed by atoms with Gasteiger partial charge >= 0.3 is 6.09 Å². The summed E-state index contributed by atoms with van der Waals surface area (Å²) in [6.07, 6.45) is 1.18. The van der Waals surface area contributed by atoms with Gasteiger partial charge in [-0.3, -0.25) is 4.98 Å². The largest absolute Gasteiger partial charge is 0.449 e. The van der Waals surface area contributed by atoms with Crippen molar-refractivity contribution in [3.8, 4) is 0 Å². The van der Waals surface area contributed by atoms with E-state index in [1.807, 2.05) is 36.6 Å². The van der Waals surface area contributed by atoms with E-state index in [1.54, 1.807) is 6.20 Å². The number of nitrogens with two attached hydrogens (primary N) is 1. The van der Waals surface area contributed by atoms with E-state index in [-0.39, 0.29) is 12.5 Å². The Hall–Kier alpha value is -2.94. The summed E-state index contributed by atoms with van der Waals surface area (Å²) in [6, 6.07) is 8.99. The van der Waals surface area contributed by atoms with E-state index in [1.165, 1.54) is 23.9 Å². The fourth-order valence-corrected chi connectivity index (χ4v) is 4.17. The molecular formula is C21H22F2N4O2S. The van der Waals surface area contributed by atoms with Gasteiger partial charge < -0.3 is 15.0 Å². The third kappa shape index (κ3) is 5.56. The zero-order valence-corrected chi connectivity index (χ0v) is 17.5. The lowest BCUT2D eigenvalue weighted by Gasteiger charge is -2.13. The number of imidazole rings is 1. The summed E-state index contributed by atoms with van der Waals surface area (Å²) in [4.78, 5) is 20.5. The van der Waals surface area contributed by atoms with Gasteiger partial charge in [0.15, 0.2) is 0 Å². The Balaban J connectivity index is 2.03. The second kappa shape index (κ2) is 9.71. The molecule has 6 nitrogen and oxygen atoms in total. The zero-order valence-electron chi connectivity index (χ0n) is 16.6. The Labute approximate surface area is 177 Å². The molecule has 0 aliphatic heterocycles. The Morgan fingerprint density at radius 3 is 2.57 bits per heavy atom. The highest BCUT2D eigenvalue weighted by atomic mass is 32.2. The first kappa shape index (κ1) is 21.8.